The highest BCUT2D eigenvalue weighted by atomic mass is 127. The molecule has 0 bridgehead atoms. The molecule has 0 heterocycles. The second-order valence-corrected chi connectivity index (χ2v) is 5.49. The van der Waals surface area contributed by atoms with Gasteiger partial charge in [0.1, 0.15) is 5.75 Å². The third-order valence-corrected chi connectivity index (χ3v) is 3.65. The molecule has 0 radical (unpaired) electrons. The monoisotopic (exact) mass is 396 g/mol. The van der Waals surface area contributed by atoms with E-state index in [9.17, 15) is 14.7 Å². The second kappa shape index (κ2) is 7.07. The Balaban J connectivity index is 1.90. The minimum Gasteiger partial charge on any atom is -0.508 e. The Hall–Kier alpha value is -2.09. The molecule has 3 N–H and O–H groups in total. The molecule has 0 unspecified atom stereocenters. The van der Waals surface area contributed by atoms with Crippen molar-refractivity contribution in [1.29, 1.82) is 0 Å². The van der Waals surface area contributed by atoms with E-state index >= 15 is 0 Å². The summed E-state index contributed by atoms with van der Waals surface area (Å²) in [4.78, 5) is 23.6. The number of benzene rings is 2. The highest BCUT2D eigenvalue weighted by Gasteiger charge is 2.10. The maximum Gasteiger partial charge on any atom is 0.270 e. The van der Waals surface area contributed by atoms with Crippen LogP contribution in [-0.4, -0.2) is 16.9 Å². The zero-order chi connectivity index (χ0) is 15.2. The number of hydrogen-bond acceptors (Lipinski definition) is 3. The van der Waals surface area contributed by atoms with Crippen LogP contribution in [0.25, 0.3) is 0 Å². The summed E-state index contributed by atoms with van der Waals surface area (Å²) < 4.78 is 0.801. The molecule has 0 saturated heterocycles. The van der Waals surface area contributed by atoms with E-state index in [1.807, 2.05) is 12.1 Å². The van der Waals surface area contributed by atoms with Crippen molar-refractivity contribution in [2.45, 2.75) is 6.42 Å². The largest absolute Gasteiger partial charge is 0.508 e. The number of amides is 2. The van der Waals surface area contributed by atoms with E-state index in [2.05, 4.69) is 33.4 Å². The zero-order valence-electron chi connectivity index (χ0n) is 11.0. The second-order valence-electron chi connectivity index (χ2n) is 4.33. The minimum absolute atomic E-state index is 0.0700. The van der Waals surface area contributed by atoms with Crippen LogP contribution in [0.3, 0.4) is 0 Å². The highest BCUT2D eigenvalue weighted by Crippen LogP contribution is 2.12. The third-order valence-electron chi connectivity index (χ3n) is 2.71. The molecule has 2 aromatic rings. The molecule has 0 saturated carbocycles. The first kappa shape index (κ1) is 15.3. The molecule has 5 nitrogen and oxygen atoms in total. The van der Waals surface area contributed by atoms with Gasteiger partial charge in [-0.05, 0) is 52.4 Å². The smallest absolute Gasteiger partial charge is 0.270 e. The molecule has 6 heteroatoms. The Labute approximate surface area is 135 Å². The van der Waals surface area contributed by atoms with E-state index in [1.165, 1.54) is 12.1 Å². The van der Waals surface area contributed by atoms with Crippen molar-refractivity contribution in [3.05, 3.63) is 63.2 Å². The normalized spacial score (nSPS) is 9.95. The van der Waals surface area contributed by atoms with Gasteiger partial charge in [0.15, 0.2) is 0 Å². The van der Waals surface area contributed by atoms with Crippen LogP contribution in [0.2, 0.25) is 0 Å². The first-order valence-electron chi connectivity index (χ1n) is 6.18. The number of nitrogens with one attached hydrogen (secondary N) is 2. The van der Waals surface area contributed by atoms with Gasteiger partial charge in [0, 0.05) is 3.57 Å². The van der Waals surface area contributed by atoms with Gasteiger partial charge in [0.2, 0.25) is 5.91 Å². The lowest BCUT2D eigenvalue weighted by Gasteiger charge is -2.08. The quantitative estimate of drug-likeness (QED) is 0.549. The van der Waals surface area contributed by atoms with Gasteiger partial charge < -0.3 is 5.11 Å². The van der Waals surface area contributed by atoms with E-state index in [4.69, 9.17) is 0 Å². The molecule has 0 aliphatic rings. The van der Waals surface area contributed by atoms with Gasteiger partial charge in [-0.3, -0.25) is 20.4 Å². The molecule has 0 aliphatic heterocycles. The molecule has 21 heavy (non-hydrogen) atoms. The van der Waals surface area contributed by atoms with Crippen molar-refractivity contribution in [2.24, 2.45) is 0 Å². The summed E-state index contributed by atoms with van der Waals surface area (Å²) in [6.07, 6.45) is 0.0700. The summed E-state index contributed by atoms with van der Waals surface area (Å²) in [6, 6.07) is 13.5. The van der Waals surface area contributed by atoms with E-state index in [0.717, 1.165) is 3.57 Å². The van der Waals surface area contributed by atoms with Crippen molar-refractivity contribution >= 4 is 34.4 Å². The Morgan fingerprint density at radius 1 is 1.05 bits per heavy atom. The molecule has 0 aromatic heterocycles. The molecule has 0 fully saturated rings. The third kappa shape index (κ3) is 4.45. The zero-order valence-corrected chi connectivity index (χ0v) is 13.1. The topological polar surface area (TPSA) is 78.4 Å². The van der Waals surface area contributed by atoms with Crippen molar-refractivity contribution in [3.63, 3.8) is 0 Å². The van der Waals surface area contributed by atoms with Crippen LogP contribution in [0.1, 0.15) is 15.9 Å². The Bertz CT molecular complexity index is 673. The fourth-order valence-electron chi connectivity index (χ4n) is 1.74. The Morgan fingerprint density at radius 3 is 2.52 bits per heavy atom. The predicted molar refractivity (Wildman–Crippen MR) is 86.6 cm³/mol. The van der Waals surface area contributed by atoms with Gasteiger partial charge in [0.25, 0.3) is 5.91 Å². The SMILES string of the molecule is O=C(Cc1cccc(O)c1)NNC(=O)c1ccccc1I. The average Bonchev–Trinajstić information content (AvgIpc) is 2.45. The number of carbonyl (C=O) groups is 2. The Kier molecular flexibility index (Phi) is 5.15. The van der Waals surface area contributed by atoms with Gasteiger partial charge in [-0.1, -0.05) is 24.3 Å². The van der Waals surface area contributed by atoms with E-state index in [1.54, 1.807) is 24.3 Å². The number of aromatic hydroxyl groups is 1. The molecule has 0 spiro atoms. The van der Waals surface area contributed by atoms with Crippen LogP contribution in [0.15, 0.2) is 48.5 Å². The molecule has 2 amide bonds. The number of halogens is 1. The summed E-state index contributed by atoms with van der Waals surface area (Å²) >= 11 is 2.05. The molecule has 0 atom stereocenters. The van der Waals surface area contributed by atoms with Crippen LogP contribution in [0.4, 0.5) is 0 Å². The number of hydrazine groups is 1. The lowest BCUT2D eigenvalue weighted by molar-refractivity contribution is -0.121. The summed E-state index contributed by atoms with van der Waals surface area (Å²) in [5, 5.41) is 9.32. The van der Waals surface area contributed by atoms with Gasteiger partial charge in [0.05, 0.1) is 12.0 Å². The number of carbonyl (C=O) groups excluding carboxylic acids is 2. The van der Waals surface area contributed by atoms with Crippen LogP contribution < -0.4 is 10.9 Å². The molecule has 2 rings (SSSR count). The lowest BCUT2D eigenvalue weighted by atomic mass is 10.1. The number of phenols is 1. The molecular weight excluding hydrogens is 383 g/mol. The van der Waals surface area contributed by atoms with Crippen molar-refractivity contribution in [2.75, 3.05) is 0 Å². The van der Waals surface area contributed by atoms with E-state index in [0.29, 0.717) is 11.1 Å². The summed E-state index contributed by atoms with van der Waals surface area (Å²) in [7, 11) is 0. The van der Waals surface area contributed by atoms with Crippen molar-refractivity contribution in [1.82, 2.24) is 10.9 Å². The molecular formula is C15H13IN2O3. The van der Waals surface area contributed by atoms with Crippen LogP contribution >= 0.6 is 22.6 Å². The average molecular weight is 396 g/mol. The maximum absolute atomic E-state index is 11.9. The first-order chi connectivity index (χ1) is 10.1. The van der Waals surface area contributed by atoms with Crippen LogP contribution in [-0.2, 0) is 11.2 Å². The maximum atomic E-state index is 11.9. The van der Waals surface area contributed by atoms with Crippen LogP contribution in [0, 0.1) is 3.57 Å². The van der Waals surface area contributed by atoms with Gasteiger partial charge in [-0.15, -0.1) is 0 Å². The van der Waals surface area contributed by atoms with Gasteiger partial charge in [-0.25, -0.2) is 0 Å². The highest BCUT2D eigenvalue weighted by molar-refractivity contribution is 14.1. The van der Waals surface area contributed by atoms with Crippen molar-refractivity contribution < 1.29 is 14.7 Å². The summed E-state index contributed by atoms with van der Waals surface area (Å²) in [6.45, 7) is 0. The van der Waals surface area contributed by atoms with Crippen molar-refractivity contribution in [3.8, 4) is 5.75 Å². The molecule has 0 aliphatic carbocycles. The number of phenolic OH excluding ortho intramolecular Hbond substituents is 1. The first-order valence-corrected chi connectivity index (χ1v) is 7.26. The Morgan fingerprint density at radius 2 is 1.81 bits per heavy atom. The molecule has 2 aromatic carbocycles. The number of rotatable bonds is 3. The fourth-order valence-corrected chi connectivity index (χ4v) is 2.37. The lowest BCUT2D eigenvalue weighted by Crippen LogP contribution is -2.42. The summed E-state index contributed by atoms with van der Waals surface area (Å²) in [5.41, 5.74) is 5.88. The van der Waals surface area contributed by atoms with Gasteiger partial charge >= 0.3 is 0 Å². The standard InChI is InChI=1S/C15H13IN2O3/c16-13-7-2-1-6-12(13)15(21)18-17-14(20)9-10-4-3-5-11(19)8-10/h1-8,19H,9H2,(H,17,20)(H,18,21). The predicted octanol–water partition coefficient (Wildman–Crippen LogP) is 2.00. The van der Waals surface area contributed by atoms with E-state index < -0.39 is 0 Å². The number of hydrogen-bond donors (Lipinski definition) is 3. The molecule has 108 valence electrons. The fraction of sp³-hybridized carbons (Fsp3) is 0.0667. The van der Waals surface area contributed by atoms with E-state index in [-0.39, 0.29) is 24.0 Å². The van der Waals surface area contributed by atoms with Crippen LogP contribution in [0.5, 0.6) is 5.75 Å². The minimum atomic E-state index is -0.371. The summed E-state index contributed by atoms with van der Waals surface area (Å²) in [5.74, 6) is -0.632. The van der Waals surface area contributed by atoms with Gasteiger partial charge in [-0.2, -0.15) is 0 Å².